The second kappa shape index (κ2) is 10.3. The number of nitrogens with one attached hydrogen (secondary N) is 2. The summed E-state index contributed by atoms with van der Waals surface area (Å²) in [5.74, 6) is 1.00. The van der Waals surface area contributed by atoms with Crippen LogP contribution in [0.15, 0.2) is 6.07 Å². The Bertz CT molecular complexity index is 1530. The molecule has 0 radical (unpaired) electrons. The number of phenolic OH excluding ortho intramolecular Hbond substituents is 1. The molecule has 42 heavy (non-hydrogen) atoms. The molecule has 1 fully saturated rings. The molecule has 4 aliphatic heterocycles. The number of hydrogen-bond donors (Lipinski definition) is 4. The Balaban J connectivity index is 1.59. The number of piperazine rings is 1. The molecule has 1 saturated heterocycles. The van der Waals surface area contributed by atoms with Gasteiger partial charge in [0.15, 0.2) is 23.0 Å². The van der Waals surface area contributed by atoms with Gasteiger partial charge in [-0.3, -0.25) is 14.5 Å². The number of ether oxygens (including phenoxy) is 4. The first-order valence-electron chi connectivity index (χ1n) is 14.1. The number of fused-ring (bicyclic) bond motifs is 9. The van der Waals surface area contributed by atoms with Crippen LogP contribution in [0.2, 0.25) is 0 Å². The molecule has 4 aliphatic rings. The lowest BCUT2D eigenvalue weighted by Gasteiger charge is -2.56. The molecule has 2 bridgehead atoms. The van der Waals surface area contributed by atoms with E-state index in [2.05, 4.69) is 21.6 Å². The summed E-state index contributed by atoms with van der Waals surface area (Å²) < 4.78 is 23.2. The molecule has 2 aromatic carbocycles. The topological polar surface area (TPSA) is 168 Å². The van der Waals surface area contributed by atoms with E-state index >= 15 is 0 Å². The van der Waals surface area contributed by atoms with E-state index in [1.807, 2.05) is 19.9 Å². The molecule has 12 nitrogen and oxygen atoms in total. The second-order valence-corrected chi connectivity index (χ2v) is 11.5. The summed E-state index contributed by atoms with van der Waals surface area (Å²) >= 11 is 0. The maximum atomic E-state index is 12.7. The Labute approximate surface area is 243 Å². The molecular formula is C30H35N5O7. The number of aromatic hydroxyl groups is 1. The lowest BCUT2D eigenvalue weighted by atomic mass is 9.72. The quantitative estimate of drug-likeness (QED) is 0.301. The number of esters is 1. The highest BCUT2D eigenvalue weighted by atomic mass is 16.7. The summed E-state index contributed by atoms with van der Waals surface area (Å²) in [5, 5.41) is 28.6. The molecule has 6 atom stereocenters. The van der Waals surface area contributed by atoms with E-state index in [1.165, 1.54) is 14.0 Å². The number of phenols is 1. The fraction of sp³-hybridized carbons (Fsp3) is 0.500. The first-order valence-corrected chi connectivity index (χ1v) is 14.1. The van der Waals surface area contributed by atoms with E-state index in [9.17, 15) is 20.0 Å². The maximum absolute atomic E-state index is 12.7. The summed E-state index contributed by atoms with van der Waals surface area (Å²) in [5.41, 5.74) is 10.4. The lowest BCUT2D eigenvalue weighted by Crippen LogP contribution is -2.68. The van der Waals surface area contributed by atoms with E-state index < -0.39 is 30.1 Å². The number of rotatable bonds is 5. The van der Waals surface area contributed by atoms with E-state index in [1.54, 1.807) is 6.92 Å². The SMILES string of the molecule is COc1c(C)cc2c(c1O)[C@H]1N[C@H](C2)[C@H](C#N)N2C1Cc1c(OC(C)=O)c(C)c3c(c1[C@@H]2CNC(=O)[C@H](C)N)OCO3. The first-order chi connectivity index (χ1) is 20.1. The molecule has 4 heterocycles. The summed E-state index contributed by atoms with van der Waals surface area (Å²) in [6, 6.07) is 1.63. The van der Waals surface area contributed by atoms with Crippen LogP contribution in [0.25, 0.3) is 0 Å². The molecule has 5 N–H and O–H groups in total. The van der Waals surface area contributed by atoms with Crippen LogP contribution in [-0.2, 0) is 22.4 Å². The van der Waals surface area contributed by atoms with Crippen LogP contribution in [0.5, 0.6) is 28.7 Å². The summed E-state index contributed by atoms with van der Waals surface area (Å²) in [7, 11) is 1.52. The Kier molecular flexibility index (Phi) is 6.92. The second-order valence-electron chi connectivity index (χ2n) is 11.5. The number of hydrogen-bond acceptors (Lipinski definition) is 11. The Morgan fingerprint density at radius 1 is 1.26 bits per heavy atom. The van der Waals surface area contributed by atoms with Crippen molar-refractivity contribution >= 4 is 11.9 Å². The van der Waals surface area contributed by atoms with Gasteiger partial charge in [0, 0.05) is 47.8 Å². The highest BCUT2D eigenvalue weighted by molar-refractivity contribution is 5.81. The van der Waals surface area contributed by atoms with E-state index in [4.69, 9.17) is 24.7 Å². The van der Waals surface area contributed by atoms with Crippen LogP contribution in [0.3, 0.4) is 0 Å². The largest absolute Gasteiger partial charge is 0.504 e. The summed E-state index contributed by atoms with van der Waals surface area (Å²) in [6.07, 6.45) is 0.882. The molecule has 0 spiro atoms. The molecule has 2 aromatic rings. The van der Waals surface area contributed by atoms with Crippen molar-refractivity contribution in [3.05, 3.63) is 39.4 Å². The van der Waals surface area contributed by atoms with Crippen molar-refractivity contribution in [3.8, 4) is 34.8 Å². The van der Waals surface area contributed by atoms with Crippen molar-refractivity contribution in [2.75, 3.05) is 20.4 Å². The zero-order chi connectivity index (χ0) is 30.0. The third-order valence-electron chi connectivity index (χ3n) is 8.89. The van der Waals surface area contributed by atoms with Crippen LogP contribution >= 0.6 is 0 Å². The Morgan fingerprint density at radius 3 is 2.67 bits per heavy atom. The highest BCUT2D eigenvalue weighted by Crippen LogP contribution is 2.56. The summed E-state index contributed by atoms with van der Waals surface area (Å²) in [6.45, 7) is 6.75. The Morgan fingerprint density at radius 2 is 2.00 bits per heavy atom. The van der Waals surface area contributed by atoms with Crippen molar-refractivity contribution in [1.82, 2.24) is 15.5 Å². The maximum Gasteiger partial charge on any atom is 0.308 e. The molecule has 1 amide bonds. The number of nitrogens with zero attached hydrogens (tertiary/aromatic N) is 2. The molecule has 0 aliphatic carbocycles. The van der Waals surface area contributed by atoms with Gasteiger partial charge in [-0.05, 0) is 44.7 Å². The van der Waals surface area contributed by atoms with Gasteiger partial charge in [0.1, 0.15) is 11.8 Å². The fourth-order valence-corrected chi connectivity index (χ4v) is 7.25. The third-order valence-corrected chi connectivity index (χ3v) is 8.89. The van der Waals surface area contributed by atoms with Crippen LogP contribution in [-0.4, -0.2) is 66.5 Å². The van der Waals surface area contributed by atoms with Crippen molar-refractivity contribution in [2.45, 2.75) is 76.8 Å². The first kappa shape index (κ1) is 28.1. The minimum atomic E-state index is -0.738. The van der Waals surface area contributed by atoms with Gasteiger partial charge in [0.25, 0.3) is 0 Å². The van der Waals surface area contributed by atoms with Crippen molar-refractivity contribution in [2.24, 2.45) is 5.73 Å². The van der Waals surface area contributed by atoms with Gasteiger partial charge in [-0.2, -0.15) is 5.26 Å². The molecule has 6 rings (SSSR count). The normalized spacial score (nSPS) is 25.8. The number of aryl methyl sites for hydroxylation is 1. The number of nitriles is 1. The monoisotopic (exact) mass is 577 g/mol. The van der Waals surface area contributed by atoms with E-state index in [-0.39, 0.29) is 37.1 Å². The molecule has 0 saturated carbocycles. The van der Waals surface area contributed by atoms with E-state index in [0.29, 0.717) is 52.5 Å². The number of carbonyl (C=O) groups excluding carboxylic acids is 2. The zero-order valence-corrected chi connectivity index (χ0v) is 24.2. The standard InChI is InChI=1S/C30H35N5O7/c1-12-6-16-7-18-20(9-31)35-19(24(34-18)22(16)25(37)26(12)39-5)8-17-23(21(35)10-33-30(38)14(3)32)29-28(40-11-41-29)13(2)27(17)42-15(4)36/h6,14,18-21,24,34,37H,7-8,10-11,32H2,1-5H3,(H,33,38)/t14-,18+,19?,20-,21-,24-/m0/s1. The zero-order valence-electron chi connectivity index (χ0n) is 24.2. The van der Waals surface area contributed by atoms with Gasteiger partial charge in [-0.1, -0.05) is 6.07 Å². The number of amides is 1. The molecular weight excluding hydrogens is 542 g/mol. The van der Waals surface area contributed by atoms with Gasteiger partial charge < -0.3 is 40.4 Å². The number of carbonyl (C=O) groups is 2. The third kappa shape index (κ3) is 4.14. The lowest BCUT2D eigenvalue weighted by molar-refractivity contribution is -0.132. The molecule has 222 valence electrons. The predicted molar refractivity (Wildman–Crippen MR) is 150 cm³/mol. The number of benzene rings is 2. The van der Waals surface area contributed by atoms with Gasteiger partial charge in [0.2, 0.25) is 12.7 Å². The number of methoxy groups -OCH3 is 1. The van der Waals surface area contributed by atoms with Crippen molar-refractivity contribution in [1.29, 1.82) is 5.26 Å². The highest BCUT2D eigenvalue weighted by Gasteiger charge is 2.54. The average molecular weight is 578 g/mol. The molecule has 12 heteroatoms. The van der Waals surface area contributed by atoms with Gasteiger partial charge in [0.05, 0.1) is 31.3 Å². The minimum Gasteiger partial charge on any atom is -0.504 e. The van der Waals surface area contributed by atoms with Crippen molar-refractivity contribution < 1.29 is 33.6 Å². The minimum absolute atomic E-state index is 0.0106. The summed E-state index contributed by atoms with van der Waals surface area (Å²) in [4.78, 5) is 27.1. The fourth-order valence-electron chi connectivity index (χ4n) is 7.25. The number of nitrogens with two attached hydrogens (primary N) is 1. The van der Waals surface area contributed by atoms with Crippen molar-refractivity contribution in [3.63, 3.8) is 0 Å². The van der Waals surface area contributed by atoms with Gasteiger partial charge in [-0.25, -0.2) is 0 Å². The smallest absolute Gasteiger partial charge is 0.308 e. The Hall–Kier alpha value is -4.05. The molecule has 0 aromatic heterocycles. The van der Waals surface area contributed by atoms with E-state index in [0.717, 1.165) is 16.7 Å². The average Bonchev–Trinajstić information content (AvgIpc) is 3.43. The van der Waals surface area contributed by atoms with Crippen LogP contribution in [0.1, 0.15) is 59.3 Å². The van der Waals surface area contributed by atoms with Crippen LogP contribution in [0, 0.1) is 25.2 Å². The predicted octanol–water partition coefficient (Wildman–Crippen LogP) is 1.56. The van der Waals surface area contributed by atoms with Gasteiger partial charge in [-0.15, -0.1) is 0 Å². The molecule has 1 unspecified atom stereocenters. The van der Waals surface area contributed by atoms with Crippen LogP contribution in [0.4, 0.5) is 0 Å². The van der Waals surface area contributed by atoms with Gasteiger partial charge >= 0.3 is 5.97 Å². The van der Waals surface area contributed by atoms with Crippen LogP contribution < -0.4 is 35.3 Å².